The molecule has 0 fully saturated rings. The van der Waals surface area contributed by atoms with Crippen LogP contribution in [0.3, 0.4) is 0 Å². The van der Waals surface area contributed by atoms with Crippen LogP contribution in [0.25, 0.3) is 0 Å². The van der Waals surface area contributed by atoms with Crippen molar-refractivity contribution in [3.8, 4) is 0 Å². The molecule has 2 heterocycles. The Morgan fingerprint density at radius 1 is 1.50 bits per heavy atom. The van der Waals surface area contributed by atoms with Gasteiger partial charge in [0.25, 0.3) is 0 Å². The van der Waals surface area contributed by atoms with E-state index in [-0.39, 0.29) is 5.38 Å². The molecule has 0 bridgehead atoms. The molecular formula is C12H11BrClNS. The van der Waals surface area contributed by atoms with E-state index in [2.05, 4.69) is 33.9 Å². The van der Waals surface area contributed by atoms with E-state index >= 15 is 0 Å². The summed E-state index contributed by atoms with van der Waals surface area (Å²) in [5.41, 5.74) is 2.27. The van der Waals surface area contributed by atoms with Gasteiger partial charge in [-0.1, -0.05) is 6.07 Å². The molecule has 0 radical (unpaired) electrons. The molecule has 0 aliphatic carbocycles. The quantitative estimate of drug-likeness (QED) is 0.746. The topological polar surface area (TPSA) is 12.9 Å². The van der Waals surface area contributed by atoms with Crippen LogP contribution in [0.4, 0.5) is 0 Å². The van der Waals surface area contributed by atoms with Crippen molar-refractivity contribution < 1.29 is 0 Å². The maximum absolute atomic E-state index is 6.40. The molecule has 0 saturated heterocycles. The van der Waals surface area contributed by atoms with E-state index in [1.807, 2.05) is 23.7 Å². The Labute approximate surface area is 113 Å². The van der Waals surface area contributed by atoms with Crippen LogP contribution in [0.2, 0.25) is 0 Å². The number of aryl methyl sites for hydroxylation is 1. The molecule has 0 amide bonds. The van der Waals surface area contributed by atoms with E-state index < -0.39 is 0 Å². The van der Waals surface area contributed by atoms with Crippen LogP contribution in [0.1, 0.15) is 21.5 Å². The first-order chi connectivity index (χ1) is 7.68. The summed E-state index contributed by atoms with van der Waals surface area (Å²) < 4.78 is 1.09. The molecule has 4 heteroatoms. The van der Waals surface area contributed by atoms with Crippen molar-refractivity contribution in [2.45, 2.75) is 18.7 Å². The number of hydrogen-bond donors (Lipinski definition) is 0. The van der Waals surface area contributed by atoms with Crippen molar-refractivity contribution in [3.05, 3.63) is 50.4 Å². The third-order valence-electron chi connectivity index (χ3n) is 2.42. The van der Waals surface area contributed by atoms with Gasteiger partial charge in [-0.3, -0.25) is 4.98 Å². The number of nitrogens with zero attached hydrogens (tertiary/aromatic N) is 1. The predicted molar refractivity (Wildman–Crippen MR) is 73.3 cm³/mol. The highest BCUT2D eigenvalue weighted by molar-refractivity contribution is 9.10. The summed E-state index contributed by atoms with van der Waals surface area (Å²) in [7, 11) is 0. The van der Waals surface area contributed by atoms with Crippen molar-refractivity contribution in [2.24, 2.45) is 0 Å². The van der Waals surface area contributed by atoms with Gasteiger partial charge < -0.3 is 0 Å². The Bertz CT molecular complexity index is 483. The fourth-order valence-corrected chi connectivity index (χ4v) is 3.70. The average Bonchev–Trinajstić information content (AvgIpc) is 2.68. The number of halogens is 2. The second-order valence-corrected chi connectivity index (χ2v) is 5.90. The molecule has 0 spiro atoms. The molecule has 0 saturated carbocycles. The van der Waals surface area contributed by atoms with E-state index in [1.54, 1.807) is 11.3 Å². The Hall–Kier alpha value is -0.380. The number of thiophene rings is 1. The first-order valence-electron chi connectivity index (χ1n) is 4.96. The van der Waals surface area contributed by atoms with E-state index in [1.165, 1.54) is 10.4 Å². The fraction of sp³-hybridized carbons (Fsp3) is 0.250. The van der Waals surface area contributed by atoms with Gasteiger partial charge in [-0.25, -0.2) is 0 Å². The third kappa shape index (κ3) is 2.65. The summed E-state index contributed by atoms with van der Waals surface area (Å²) in [5, 5.41) is 2.03. The van der Waals surface area contributed by atoms with E-state index in [0.29, 0.717) is 0 Å². The Kier molecular flexibility index (Phi) is 4.00. The molecule has 1 unspecified atom stereocenters. The van der Waals surface area contributed by atoms with Crippen LogP contribution < -0.4 is 0 Å². The molecular weight excluding hydrogens is 306 g/mol. The largest absolute Gasteiger partial charge is 0.261 e. The van der Waals surface area contributed by atoms with Crippen molar-refractivity contribution in [1.29, 1.82) is 0 Å². The molecule has 0 N–H and O–H groups in total. The zero-order valence-corrected chi connectivity index (χ0v) is 11.9. The zero-order valence-electron chi connectivity index (χ0n) is 8.78. The number of alkyl halides is 1. The van der Waals surface area contributed by atoms with Crippen LogP contribution in [-0.2, 0) is 6.42 Å². The van der Waals surface area contributed by atoms with Gasteiger partial charge in [0.1, 0.15) is 0 Å². The Morgan fingerprint density at radius 3 is 2.94 bits per heavy atom. The minimum atomic E-state index is -0.0111. The number of aromatic nitrogens is 1. The summed E-state index contributed by atoms with van der Waals surface area (Å²) in [6, 6.07) is 6.04. The lowest BCUT2D eigenvalue weighted by Crippen LogP contribution is -1.99. The van der Waals surface area contributed by atoms with Crippen molar-refractivity contribution >= 4 is 38.9 Å². The summed E-state index contributed by atoms with van der Waals surface area (Å²) >= 11 is 11.6. The smallest absolute Gasteiger partial charge is 0.0745 e. The minimum absolute atomic E-state index is 0.0111. The SMILES string of the molecule is Cc1cccnc1CC(Cl)c1sccc1Br. The van der Waals surface area contributed by atoms with Crippen LogP contribution in [-0.4, -0.2) is 4.98 Å². The van der Waals surface area contributed by atoms with Crippen LogP contribution in [0.5, 0.6) is 0 Å². The minimum Gasteiger partial charge on any atom is -0.261 e. The lowest BCUT2D eigenvalue weighted by atomic mass is 10.1. The maximum Gasteiger partial charge on any atom is 0.0745 e. The standard InChI is InChI=1S/C12H11BrClNS/c1-8-3-2-5-15-11(8)7-10(14)12-9(13)4-6-16-12/h2-6,10H,7H2,1H3. The van der Waals surface area contributed by atoms with E-state index in [9.17, 15) is 0 Å². The maximum atomic E-state index is 6.40. The summed E-state index contributed by atoms with van der Waals surface area (Å²) in [4.78, 5) is 5.54. The first-order valence-corrected chi connectivity index (χ1v) is 7.07. The summed E-state index contributed by atoms with van der Waals surface area (Å²) in [6.45, 7) is 2.06. The van der Waals surface area contributed by atoms with E-state index in [4.69, 9.17) is 11.6 Å². The molecule has 84 valence electrons. The lowest BCUT2D eigenvalue weighted by molar-refractivity contribution is 0.881. The predicted octanol–water partition coefficient (Wildman–Crippen LogP) is 4.74. The highest BCUT2D eigenvalue weighted by Gasteiger charge is 2.15. The molecule has 0 aromatic carbocycles. The second kappa shape index (κ2) is 5.30. The molecule has 1 atom stereocenters. The van der Waals surface area contributed by atoms with Crippen molar-refractivity contribution in [1.82, 2.24) is 4.98 Å². The number of rotatable bonds is 3. The molecule has 16 heavy (non-hydrogen) atoms. The summed E-state index contributed by atoms with van der Waals surface area (Å²) in [5.74, 6) is 0. The lowest BCUT2D eigenvalue weighted by Gasteiger charge is -2.09. The zero-order chi connectivity index (χ0) is 11.5. The van der Waals surface area contributed by atoms with Gasteiger partial charge in [0.15, 0.2) is 0 Å². The normalized spacial score (nSPS) is 12.7. The van der Waals surface area contributed by atoms with Crippen LogP contribution in [0, 0.1) is 6.92 Å². The average molecular weight is 317 g/mol. The number of pyridine rings is 1. The van der Waals surface area contributed by atoms with Crippen molar-refractivity contribution in [3.63, 3.8) is 0 Å². The number of hydrogen-bond acceptors (Lipinski definition) is 2. The highest BCUT2D eigenvalue weighted by atomic mass is 79.9. The fourth-order valence-electron chi connectivity index (χ4n) is 1.52. The highest BCUT2D eigenvalue weighted by Crippen LogP contribution is 2.35. The van der Waals surface area contributed by atoms with Gasteiger partial charge in [0, 0.05) is 27.7 Å². The summed E-state index contributed by atoms with van der Waals surface area (Å²) in [6.07, 6.45) is 2.59. The van der Waals surface area contributed by atoms with Gasteiger partial charge in [-0.2, -0.15) is 0 Å². The van der Waals surface area contributed by atoms with Gasteiger partial charge in [0.2, 0.25) is 0 Å². The second-order valence-electron chi connectivity index (χ2n) is 3.57. The molecule has 2 aromatic heterocycles. The third-order valence-corrected chi connectivity index (χ3v) is 4.91. The van der Waals surface area contributed by atoms with Crippen molar-refractivity contribution in [2.75, 3.05) is 0 Å². The first kappa shape index (κ1) is 12.1. The Morgan fingerprint density at radius 2 is 2.31 bits per heavy atom. The molecule has 0 aliphatic rings. The molecule has 2 aromatic rings. The van der Waals surface area contributed by atoms with Gasteiger partial charge in [0.05, 0.1) is 5.38 Å². The molecule has 2 rings (SSSR count). The van der Waals surface area contributed by atoms with Gasteiger partial charge >= 0.3 is 0 Å². The van der Waals surface area contributed by atoms with Gasteiger partial charge in [-0.05, 0) is 45.9 Å². The van der Waals surface area contributed by atoms with Crippen LogP contribution in [0.15, 0.2) is 34.2 Å². The van der Waals surface area contributed by atoms with Gasteiger partial charge in [-0.15, -0.1) is 22.9 Å². The van der Waals surface area contributed by atoms with Crippen LogP contribution >= 0.6 is 38.9 Å². The molecule has 0 aliphatic heterocycles. The Balaban J connectivity index is 2.17. The van der Waals surface area contributed by atoms with E-state index in [0.717, 1.165) is 16.6 Å². The monoisotopic (exact) mass is 315 g/mol. The molecule has 1 nitrogen and oxygen atoms in total.